The summed E-state index contributed by atoms with van der Waals surface area (Å²) in [5, 5.41) is 29.6. The van der Waals surface area contributed by atoms with Gasteiger partial charge in [-0.3, -0.25) is 24.4 Å². The highest BCUT2D eigenvalue weighted by Crippen LogP contribution is 2.35. The molecular formula is C13H8N4O5S3. The quantitative estimate of drug-likeness (QED) is 0.461. The van der Waals surface area contributed by atoms with Crippen LogP contribution in [0, 0.1) is 20.2 Å². The predicted octanol–water partition coefficient (Wildman–Crippen LogP) is 3.39. The van der Waals surface area contributed by atoms with Crippen molar-refractivity contribution < 1.29 is 14.1 Å². The van der Waals surface area contributed by atoms with E-state index in [1.54, 1.807) is 18.2 Å². The summed E-state index contributed by atoms with van der Waals surface area (Å²) in [4.78, 5) is 20.9. The number of rotatable bonds is 6. The topological polar surface area (TPSA) is 129 Å². The summed E-state index contributed by atoms with van der Waals surface area (Å²) in [5.41, 5.74) is 0.638. The van der Waals surface area contributed by atoms with E-state index in [0.29, 0.717) is 19.8 Å². The molecule has 0 N–H and O–H groups in total. The van der Waals surface area contributed by atoms with Gasteiger partial charge >= 0.3 is 5.00 Å². The van der Waals surface area contributed by atoms with Crippen molar-refractivity contribution in [1.29, 1.82) is 0 Å². The Kier molecular flexibility index (Phi) is 4.92. The molecule has 25 heavy (non-hydrogen) atoms. The zero-order chi connectivity index (χ0) is 18.0. The van der Waals surface area contributed by atoms with Gasteiger partial charge in [0.05, 0.1) is 31.3 Å². The Hall–Kier alpha value is -2.57. The molecule has 1 atom stereocenters. The Morgan fingerprint density at radius 2 is 1.68 bits per heavy atom. The summed E-state index contributed by atoms with van der Waals surface area (Å²) in [6.07, 6.45) is 0. The van der Waals surface area contributed by atoms with Gasteiger partial charge in [0, 0.05) is 18.2 Å². The van der Waals surface area contributed by atoms with E-state index in [0.717, 1.165) is 22.7 Å². The highest BCUT2D eigenvalue weighted by Gasteiger charge is 2.17. The monoisotopic (exact) mass is 396 g/mol. The SMILES string of the molecule is O=[N+]([O-])c1ccc(CS(=O)c2nnc(-c3ccc([N+](=O)[O-])s3)s2)cc1. The summed E-state index contributed by atoms with van der Waals surface area (Å²) in [6.45, 7) is 0. The first kappa shape index (κ1) is 17.3. The molecule has 0 saturated heterocycles. The molecule has 3 aromatic rings. The van der Waals surface area contributed by atoms with Crippen molar-refractivity contribution in [3.05, 3.63) is 62.2 Å². The predicted molar refractivity (Wildman–Crippen MR) is 93.1 cm³/mol. The standard InChI is InChI=1S/C13H8N4O5S3/c18-16(19)9-3-1-8(2-4-9)7-25(22)13-15-14-12(24-13)10-5-6-11(23-10)17(20)21/h1-6H,7H2. The summed E-state index contributed by atoms with van der Waals surface area (Å²) in [5.74, 6) is 0.150. The molecule has 9 nitrogen and oxygen atoms in total. The molecule has 0 aliphatic carbocycles. The van der Waals surface area contributed by atoms with Gasteiger partial charge in [0.15, 0.2) is 5.01 Å². The Balaban J connectivity index is 1.73. The van der Waals surface area contributed by atoms with Gasteiger partial charge < -0.3 is 0 Å². The lowest BCUT2D eigenvalue weighted by Gasteiger charge is -1.98. The second-order valence-corrected chi connectivity index (χ2v) is 8.35. The lowest BCUT2D eigenvalue weighted by Crippen LogP contribution is -1.96. The molecule has 2 aromatic heterocycles. The van der Waals surface area contributed by atoms with Gasteiger partial charge in [-0.05, 0) is 11.6 Å². The molecule has 0 bridgehead atoms. The molecule has 1 aromatic carbocycles. The number of thiophene rings is 1. The van der Waals surface area contributed by atoms with Crippen molar-refractivity contribution >= 4 is 44.2 Å². The molecule has 128 valence electrons. The fourth-order valence-corrected chi connectivity index (χ4v) is 4.85. The fraction of sp³-hybridized carbons (Fsp3) is 0.0769. The Morgan fingerprint density at radius 3 is 2.28 bits per heavy atom. The number of nitro benzene ring substituents is 1. The Labute approximate surface area is 150 Å². The van der Waals surface area contributed by atoms with Crippen molar-refractivity contribution in [2.75, 3.05) is 0 Å². The van der Waals surface area contributed by atoms with Gasteiger partial charge in [0.25, 0.3) is 5.69 Å². The first-order valence-electron chi connectivity index (χ1n) is 6.64. The second kappa shape index (κ2) is 7.13. The normalized spacial score (nSPS) is 12.0. The van der Waals surface area contributed by atoms with Crippen LogP contribution in [0.25, 0.3) is 9.88 Å². The smallest absolute Gasteiger partial charge is 0.258 e. The molecule has 0 aliphatic rings. The number of aromatic nitrogens is 2. The number of hydrogen-bond donors (Lipinski definition) is 0. The zero-order valence-electron chi connectivity index (χ0n) is 12.2. The van der Waals surface area contributed by atoms with Crippen LogP contribution in [0.5, 0.6) is 0 Å². The molecule has 0 saturated carbocycles. The second-order valence-electron chi connectivity index (χ2n) is 4.68. The number of nitro groups is 2. The van der Waals surface area contributed by atoms with Crippen LogP contribution >= 0.6 is 22.7 Å². The third kappa shape index (κ3) is 3.92. The summed E-state index contributed by atoms with van der Waals surface area (Å²) >= 11 is 2.08. The lowest BCUT2D eigenvalue weighted by atomic mass is 10.2. The van der Waals surface area contributed by atoms with Crippen molar-refractivity contribution in [2.45, 2.75) is 10.1 Å². The van der Waals surface area contributed by atoms with Crippen LogP contribution in [-0.4, -0.2) is 24.3 Å². The maximum absolute atomic E-state index is 12.4. The average molecular weight is 396 g/mol. The maximum atomic E-state index is 12.4. The summed E-state index contributed by atoms with van der Waals surface area (Å²) in [7, 11) is -1.46. The number of nitrogens with zero attached hydrogens (tertiary/aromatic N) is 4. The Morgan fingerprint density at radius 1 is 0.960 bits per heavy atom. The average Bonchev–Trinajstić information content (AvgIpc) is 3.24. The van der Waals surface area contributed by atoms with Gasteiger partial charge in [-0.2, -0.15) is 0 Å². The van der Waals surface area contributed by atoms with Crippen molar-refractivity contribution in [3.8, 4) is 9.88 Å². The van der Waals surface area contributed by atoms with Crippen molar-refractivity contribution in [1.82, 2.24) is 10.2 Å². The van der Waals surface area contributed by atoms with E-state index in [9.17, 15) is 24.4 Å². The van der Waals surface area contributed by atoms with Crippen LogP contribution in [0.2, 0.25) is 0 Å². The van der Waals surface area contributed by atoms with E-state index in [1.807, 2.05) is 0 Å². The molecule has 0 spiro atoms. The molecule has 1 unspecified atom stereocenters. The Bertz CT molecular complexity index is 966. The highest BCUT2D eigenvalue weighted by molar-refractivity contribution is 7.86. The van der Waals surface area contributed by atoms with Gasteiger partial charge in [-0.25, -0.2) is 0 Å². The van der Waals surface area contributed by atoms with Gasteiger partial charge in [-0.1, -0.05) is 34.8 Å². The van der Waals surface area contributed by atoms with E-state index in [1.165, 1.54) is 18.2 Å². The molecule has 0 aliphatic heterocycles. The first-order valence-corrected chi connectivity index (χ1v) is 9.59. The van der Waals surface area contributed by atoms with E-state index in [4.69, 9.17) is 0 Å². The maximum Gasteiger partial charge on any atom is 0.324 e. The third-order valence-electron chi connectivity index (χ3n) is 3.03. The number of hydrogen-bond acceptors (Lipinski definition) is 9. The third-order valence-corrected chi connectivity index (χ3v) is 6.83. The minimum absolute atomic E-state index is 0.00116. The van der Waals surface area contributed by atoms with E-state index in [2.05, 4.69) is 10.2 Å². The molecule has 12 heteroatoms. The highest BCUT2D eigenvalue weighted by atomic mass is 32.2. The first-order chi connectivity index (χ1) is 11.9. The molecule has 3 rings (SSSR count). The van der Waals surface area contributed by atoms with Gasteiger partial charge in [-0.15, -0.1) is 10.2 Å². The van der Waals surface area contributed by atoms with Crippen LogP contribution < -0.4 is 0 Å². The molecule has 0 amide bonds. The fourth-order valence-electron chi connectivity index (χ4n) is 1.87. The van der Waals surface area contributed by atoms with E-state index >= 15 is 0 Å². The van der Waals surface area contributed by atoms with Crippen LogP contribution in [0.3, 0.4) is 0 Å². The zero-order valence-corrected chi connectivity index (χ0v) is 14.7. The van der Waals surface area contributed by atoms with E-state index in [-0.39, 0.29) is 16.4 Å². The number of non-ortho nitro benzene ring substituents is 1. The van der Waals surface area contributed by atoms with Crippen LogP contribution in [0.4, 0.5) is 10.7 Å². The molecule has 2 heterocycles. The lowest BCUT2D eigenvalue weighted by molar-refractivity contribution is -0.384. The van der Waals surface area contributed by atoms with Crippen molar-refractivity contribution in [2.24, 2.45) is 0 Å². The molecular weight excluding hydrogens is 388 g/mol. The molecule has 0 fully saturated rings. The van der Waals surface area contributed by atoms with Crippen LogP contribution in [0.15, 0.2) is 40.7 Å². The van der Waals surface area contributed by atoms with Crippen LogP contribution in [0.1, 0.15) is 5.56 Å². The minimum Gasteiger partial charge on any atom is -0.258 e. The number of benzene rings is 1. The summed E-state index contributed by atoms with van der Waals surface area (Å²) < 4.78 is 12.7. The van der Waals surface area contributed by atoms with Gasteiger partial charge in [0.1, 0.15) is 0 Å². The largest absolute Gasteiger partial charge is 0.324 e. The van der Waals surface area contributed by atoms with E-state index < -0.39 is 20.6 Å². The summed E-state index contributed by atoms with van der Waals surface area (Å²) in [6, 6.07) is 8.74. The van der Waals surface area contributed by atoms with Crippen molar-refractivity contribution in [3.63, 3.8) is 0 Å². The van der Waals surface area contributed by atoms with Crippen LogP contribution in [-0.2, 0) is 16.6 Å². The minimum atomic E-state index is -1.46. The van der Waals surface area contributed by atoms with Gasteiger partial charge in [0.2, 0.25) is 4.34 Å². The molecule has 0 radical (unpaired) electrons.